The van der Waals surface area contributed by atoms with Crippen molar-refractivity contribution < 1.29 is 9.53 Å². The minimum Gasteiger partial charge on any atom is -0.495 e. The van der Waals surface area contributed by atoms with Crippen LogP contribution in [0.4, 0.5) is 5.69 Å². The summed E-state index contributed by atoms with van der Waals surface area (Å²) in [5.41, 5.74) is 1.93. The number of hydrogen-bond acceptors (Lipinski definition) is 5. The Bertz CT molecular complexity index is 1110. The van der Waals surface area contributed by atoms with E-state index in [-0.39, 0.29) is 17.2 Å². The maximum Gasteiger partial charge on any atom is 0.262 e. The number of aromatic nitrogens is 2. The molecule has 6 nitrogen and oxygen atoms in total. The fourth-order valence-corrected chi connectivity index (χ4v) is 3.90. The highest BCUT2D eigenvalue weighted by Crippen LogP contribution is 2.31. The van der Waals surface area contributed by atoms with Crippen LogP contribution >= 0.6 is 23.4 Å². The van der Waals surface area contributed by atoms with Gasteiger partial charge in [-0.2, -0.15) is 0 Å². The maximum atomic E-state index is 12.8. The van der Waals surface area contributed by atoms with Crippen LogP contribution in [0, 0.1) is 6.92 Å². The van der Waals surface area contributed by atoms with E-state index in [1.807, 2.05) is 26.0 Å². The van der Waals surface area contributed by atoms with Gasteiger partial charge >= 0.3 is 0 Å². The molecule has 2 aromatic carbocycles. The Morgan fingerprint density at radius 3 is 2.79 bits per heavy atom. The number of benzene rings is 2. The van der Waals surface area contributed by atoms with Crippen molar-refractivity contribution in [2.24, 2.45) is 0 Å². The van der Waals surface area contributed by atoms with Crippen LogP contribution in [-0.4, -0.2) is 28.3 Å². The van der Waals surface area contributed by atoms with E-state index in [1.54, 1.807) is 28.8 Å². The summed E-state index contributed by atoms with van der Waals surface area (Å²) in [6, 6.07) is 10.7. The van der Waals surface area contributed by atoms with Crippen LogP contribution in [0.3, 0.4) is 0 Å². The summed E-state index contributed by atoms with van der Waals surface area (Å²) in [7, 11) is 1.52. The second kappa shape index (κ2) is 9.33. The summed E-state index contributed by atoms with van der Waals surface area (Å²) in [6.07, 6.45) is 0.793. The van der Waals surface area contributed by atoms with E-state index in [9.17, 15) is 9.59 Å². The Labute approximate surface area is 178 Å². The van der Waals surface area contributed by atoms with Gasteiger partial charge in [-0.15, -0.1) is 0 Å². The van der Waals surface area contributed by atoms with Crippen LogP contribution in [0.2, 0.25) is 5.02 Å². The van der Waals surface area contributed by atoms with Crippen LogP contribution in [0.25, 0.3) is 10.9 Å². The van der Waals surface area contributed by atoms with Crippen LogP contribution in [0.1, 0.15) is 18.9 Å². The number of nitrogens with zero attached hydrogens (tertiary/aromatic N) is 2. The number of anilines is 1. The molecule has 152 valence electrons. The van der Waals surface area contributed by atoms with E-state index in [4.69, 9.17) is 16.3 Å². The van der Waals surface area contributed by atoms with E-state index < -0.39 is 0 Å². The summed E-state index contributed by atoms with van der Waals surface area (Å²) in [6.45, 7) is 4.40. The number of hydrogen-bond donors (Lipinski definition) is 1. The first-order valence-electron chi connectivity index (χ1n) is 9.21. The summed E-state index contributed by atoms with van der Waals surface area (Å²) >= 11 is 7.35. The lowest BCUT2D eigenvalue weighted by atomic mass is 10.2. The third-order valence-electron chi connectivity index (χ3n) is 4.36. The number of para-hydroxylation sites is 1. The second-order valence-electron chi connectivity index (χ2n) is 6.51. The fraction of sp³-hybridized carbons (Fsp3) is 0.286. The lowest BCUT2D eigenvalue weighted by Gasteiger charge is -2.14. The predicted octanol–water partition coefficient (Wildman–Crippen LogP) is 4.51. The predicted molar refractivity (Wildman–Crippen MR) is 118 cm³/mol. The molecule has 0 aliphatic rings. The zero-order valence-electron chi connectivity index (χ0n) is 16.5. The molecule has 3 rings (SSSR count). The van der Waals surface area contributed by atoms with Gasteiger partial charge in [-0.05, 0) is 37.1 Å². The molecule has 0 spiro atoms. The van der Waals surface area contributed by atoms with Gasteiger partial charge in [0.05, 0.1) is 29.5 Å². The van der Waals surface area contributed by atoms with Gasteiger partial charge in [0, 0.05) is 17.6 Å². The molecule has 1 aromatic heterocycles. The van der Waals surface area contributed by atoms with Crippen molar-refractivity contribution in [1.82, 2.24) is 9.55 Å². The Kier molecular flexibility index (Phi) is 6.82. The molecule has 0 aliphatic carbocycles. The number of methoxy groups -OCH3 is 1. The van der Waals surface area contributed by atoms with Crippen LogP contribution in [-0.2, 0) is 11.3 Å². The third-order valence-corrected chi connectivity index (χ3v) is 5.74. The zero-order chi connectivity index (χ0) is 21.0. The number of carbonyl (C=O) groups excluding carboxylic acids is 1. The van der Waals surface area contributed by atoms with Crippen molar-refractivity contribution in [3.05, 3.63) is 57.3 Å². The van der Waals surface area contributed by atoms with E-state index in [2.05, 4.69) is 10.3 Å². The highest BCUT2D eigenvalue weighted by Gasteiger charge is 2.14. The van der Waals surface area contributed by atoms with Gasteiger partial charge in [-0.1, -0.05) is 42.4 Å². The van der Waals surface area contributed by atoms with E-state index >= 15 is 0 Å². The molecule has 0 atom stereocenters. The maximum absolute atomic E-state index is 12.8. The van der Waals surface area contributed by atoms with E-state index in [1.165, 1.54) is 18.9 Å². The van der Waals surface area contributed by atoms with Crippen LogP contribution in [0.5, 0.6) is 5.75 Å². The Morgan fingerprint density at radius 2 is 2.07 bits per heavy atom. The van der Waals surface area contributed by atoms with Crippen molar-refractivity contribution >= 4 is 45.9 Å². The highest BCUT2D eigenvalue weighted by atomic mass is 35.5. The van der Waals surface area contributed by atoms with Gasteiger partial charge in [0.1, 0.15) is 5.75 Å². The Morgan fingerprint density at radius 1 is 1.31 bits per heavy atom. The Balaban J connectivity index is 1.82. The third kappa shape index (κ3) is 4.74. The number of rotatable bonds is 7. The van der Waals surface area contributed by atoms with Gasteiger partial charge in [0.2, 0.25) is 5.91 Å². The van der Waals surface area contributed by atoms with Crippen LogP contribution < -0.4 is 15.6 Å². The number of fused-ring (bicyclic) bond motifs is 1. The molecule has 0 unspecified atom stereocenters. The van der Waals surface area contributed by atoms with Gasteiger partial charge in [0.15, 0.2) is 5.16 Å². The first kappa shape index (κ1) is 21.2. The molecule has 0 aliphatic heterocycles. The first-order chi connectivity index (χ1) is 13.9. The average molecular weight is 432 g/mol. The lowest BCUT2D eigenvalue weighted by Crippen LogP contribution is -2.24. The summed E-state index contributed by atoms with van der Waals surface area (Å²) in [5, 5.41) is 4.52. The van der Waals surface area contributed by atoms with Gasteiger partial charge in [-0.3, -0.25) is 14.2 Å². The van der Waals surface area contributed by atoms with Crippen molar-refractivity contribution in [3.8, 4) is 5.75 Å². The molecule has 0 saturated carbocycles. The smallest absolute Gasteiger partial charge is 0.262 e. The standard InChI is InChI=1S/C21H22ClN3O3S/c1-4-9-25-20(27)14-7-5-6-8-16(14)24-21(25)29-12-19(26)23-17-10-13(2)15(22)11-18(17)28-3/h5-8,10-11H,4,9,12H2,1-3H3,(H,23,26). The number of amides is 1. The highest BCUT2D eigenvalue weighted by molar-refractivity contribution is 7.99. The topological polar surface area (TPSA) is 73.2 Å². The molecule has 1 amide bonds. The summed E-state index contributed by atoms with van der Waals surface area (Å²) in [4.78, 5) is 29.9. The minimum atomic E-state index is -0.222. The number of aryl methyl sites for hydroxylation is 1. The SMILES string of the molecule is CCCn1c(SCC(=O)Nc2cc(C)c(Cl)cc2OC)nc2ccccc2c1=O. The summed E-state index contributed by atoms with van der Waals surface area (Å²) < 4.78 is 6.93. The molecule has 0 radical (unpaired) electrons. The average Bonchev–Trinajstić information content (AvgIpc) is 2.71. The Hall–Kier alpha value is -2.51. The van der Waals surface area contributed by atoms with Gasteiger partial charge in [0.25, 0.3) is 5.56 Å². The second-order valence-corrected chi connectivity index (χ2v) is 7.86. The number of carbonyl (C=O) groups is 1. The largest absolute Gasteiger partial charge is 0.495 e. The normalized spacial score (nSPS) is 10.9. The van der Waals surface area contributed by atoms with Crippen molar-refractivity contribution in [2.75, 3.05) is 18.2 Å². The van der Waals surface area contributed by atoms with Gasteiger partial charge < -0.3 is 10.1 Å². The van der Waals surface area contributed by atoms with Crippen LogP contribution in [0.15, 0.2) is 46.3 Å². The van der Waals surface area contributed by atoms with Gasteiger partial charge in [-0.25, -0.2) is 4.98 Å². The van der Waals surface area contributed by atoms with E-state index in [0.717, 1.165) is 12.0 Å². The molecular weight excluding hydrogens is 410 g/mol. The van der Waals surface area contributed by atoms with Crippen molar-refractivity contribution in [2.45, 2.75) is 32.0 Å². The minimum absolute atomic E-state index is 0.0876. The first-order valence-corrected chi connectivity index (χ1v) is 10.6. The zero-order valence-corrected chi connectivity index (χ0v) is 18.1. The van der Waals surface area contributed by atoms with Crippen molar-refractivity contribution in [3.63, 3.8) is 0 Å². The molecule has 0 fully saturated rings. The summed E-state index contributed by atoms with van der Waals surface area (Å²) in [5.74, 6) is 0.380. The molecule has 29 heavy (non-hydrogen) atoms. The molecule has 1 heterocycles. The number of thioether (sulfide) groups is 1. The number of nitrogens with one attached hydrogen (secondary N) is 1. The quantitative estimate of drug-likeness (QED) is 0.440. The molecule has 0 bridgehead atoms. The molecule has 0 saturated heterocycles. The fourth-order valence-electron chi connectivity index (χ4n) is 2.92. The molecule has 8 heteroatoms. The molecular formula is C21H22ClN3O3S. The number of halogens is 1. The van der Waals surface area contributed by atoms with Crippen molar-refractivity contribution in [1.29, 1.82) is 0 Å². The lowest BCUT2D eigenvalue weighted by molar-refractivity contribution is -0.113. The monoisotopic (exact) mass is 431 g/mol. The molecule has 1 N–H and O–H groups in total. The molecule has 3 aromatic rings. The van der Waals surface area contributed by atoms with E-state index in [0.29, 0.717) is 39.1 Å². The number of ether oxygens (including phenoxy) is 1.